The fourth-order valence-corrected chi connectivity index (χ4v) is 1.67. The van der Waals surface area contributed by atoms with Crippen LogP contribution in [-0.4, -0.2) is 23.7 Å². The molecule has 82 valence electrons. The molecule has 0 saturated carbocycles. The molecule has 0 aliphatic rings. The molecule has 1 amide bonds. The van der Waals surface area contributed by atoms with Gasteiger partial charge in [0.05, 0.1) is 6.10 Å². The van der Waals surface area contributed by atoms with Gasteiger partial charge < -0.3 is 10.4 Å². The van der Waals surface area contributed by atoms with Crippen molar-refractivity contribution in [1.29, 1.82) is 0 Å². The summed E-state index contributed by atoms with van der Waals surface area (Å²) in [6, 6.07) is 7.40. The number of aliphatic hydroxyl groups is 1. The topological polar surface area (TPSA) is 49.3 Å². The van der Waals surface area contributed by atoms with Gasteiger partial charge in [-0.15, -0.1) is 0 Å². The molecule has 0 aliphatic heterocycles. The SMILES string of the molecule is CC(O)CCNC(=O)c1cccc(I)c1. The zero-order valence-corrected chi connectivity index (χ0v) is 10.7. The molecule has 2 N–H and O–H groups in total. The number of benzene rings is 1. The predicted molar refractivity (Wildman–Crippen MR) is 67.8 cm³/mol. The second-order valence-electron chi connectivity index (χ2n) is 3.40. The maximum Gasteiger partial charge on any atom is 0.251 e. The molecule has 0 saturated heterocycles. The van der Waals surface area contributed by atoms with Crippen LogP contribution in [0.3, 0.4) is 0 Å². The molecule has 1 atom stereocenters. The Kier molecular flexibility index (Phi) is 5.04. The molecular weight excluding hydrogens is 305 g/mol. The third-order valence-electron chi connectivity index (χ3n) is 1.93. The van der Waals surface area contributed by atoms with E-state index in [0.717, 1.165) is 3.57 Å². The first-order valence-electron chi connectivity index (χ1n) is 4.81. The van der Waals surface area contributed by atoms with Gasteiger partial charge in [-0.2, -0.15) is 0 Å². The molecule has 0 aromatic heterocycles. The van der Waals surface area contributed by atoms with Gasteiger partial charge in [0.2, 0.25) is 0 Å². The summed E-state index contributed by atoms with van der Waals surface area (Å²) in [5, 5.41) is 11.8. The number of hydrogen-bond donors (Lipinski definition) is 2. The summed E-state index contributed by atoms with van der Waals surface area (Å²) in [4.78, 5) is 11.6. The van der Waals surface area contributed by atoms with E-state index < -0.39 is 0 Å². The van der Waals surface area contributed by atoms with Gasteiger partial charge >= 0.3 is 0 Å². The first-order chi connectivity index (χ1) is 7.09. The number of rotatable bonds is 4. The Bertz CT molecular complexity index is 339. The lowest BCUT2D eigenvalue weighted by Gasteiger charge is -2.06. The Morgan fingerprint density at radius 1 is 1.60 bits per heavy atom. The Labute approximate surface area is 103 Å². The van der Waals surface area contributed by atoms with Crippen molar-refractivity contribution in [3.63, 3.8) is 0 Å². The Hall–Kier alpha value is -0.620. The van der Waals surface area contributed by atoms with Gasteiger partial charge in [0.15, 0.2) is 0 Å². The first kappa shape index (κ1) is 12.4. The van der Waals surface area contributed by atoms with Crippen LogP contribution in [0.4, 0.5) is 0 Å². The van der Waals surface area contributed by atoms with Crippen molar-refractivity contribution in [3.05, 3.63) is 33.4 Å². The normalized spacial score (nSPS) is 12.2. The van der Waals surface area contributed by atoms with E-state index in [1.54, 1.807) is 13.0 Å². The van der Waals surface area contributed by atoms with E-state index in [9.17, 15) is 4.79 Å². The number of carbonyl (C=O) groups excluding carboxylic acids is 1. The van der Waals surface area contributed by atoms with Crippen molar-refractivity contribution in [2.45, 2.75) is 19.4 Å². The maximum atomic E-state index is 11.6. The molecule has 0 bridgehead atoms. The Balaban J connectivity index is 2.47. The average Bonchev–Trinajstić information content (AvgIpc) is 2.17. The van der Waals surface area contributed by atoms with E-state index in [0.29, 0.717) is 18.5 Å². The first-order valence-corrected chi connectivity index (χ1v) is 5.89. The summed E-state index contributed by atoms with van der Waals surface area (Å²) < 4.78 is 1.04. The van der Waals surface area contributed by atoms with E-state index in [4.69, 9.17) is 5.11 Å². The molecule has 4 heteroatoms. The van der Waals surface area contributed by atoms with Crippen LogP contribution in [0.5, 0.6) is 0 Å². The zero-order chi connectivity index (χ0) is 11.3. The minimum Gasteiger partial charge on any atom is -0.393 e. The quantitative estimate of drug-likeness (QED) is 0.832. The lowest BCUT2D eigenvalue weighted by molar-refractivity contribution is 0.0945. The molecule has 0 fully saturated rings. The van der Waals surface area contributed by atoms with E-state index in [2.05, 4.69) is 27.9 Å². The number of amides is 1. The largest absolute Gasteiger partial charge is 0.393 e. The fourth-order valence-electron chi connectivity index (χ4n) is 1.13. The van der Waals surface area contributed by atoms with E-state index in [-0.39, 0.29) is 12.0 Å². The van der Waals surface area contributed by atoms with Crippen molar-refractivity contribution in [1.82, 2.24) is 5.32 Å². The van der Waals surface area contributed by atoms with Crippen molar-refractivity contribution >= 4 is 28.5 Å². The highest BCUT2D eigenvalue weighted by molar-refractivity contribution is 14.1. The van der Waals surface area contributed by atoms with E-state index >= 15 is 0 Å². The summed E-state index contributed by atoms with van der Waals surface area (Å²) in [7, 11) is 0. The van der Waals surface area contributed by atoms with Crippen molar-refractivity contribution in [3.8, 4) is 0 Å². The summed E-state index contributed by atoms with van der Waals surface area (Å²) in [5.74, 6) is -0.0887. The lowest BCUT2D eigenvalue weighted by atomic mass is 10.2. The van der Waals surface area contributed by atoms with Gasteiger partial charge in [-0.1, -0.05) is 6.07 Å². The lowest BCUT2D eigenvalue weighted by Crippen LogP contribution is -2.26. The second-order valence-corrected chi connectivity index (χ2v) is 4.65. The van der Waals surface area contributed by atoms with E-state index in [1.807, 2.05) is 18.2 Å². The van der Waals surface area contributed by atoms with Gasteiger partial charge in [0, 0.05) is 15.7 Å². The van der Waals surface area contributed by atoms with Gasteiger partial charge in [0.1, 0.15) is 0 Å². The summed E-state index contributed by atoms with van der Waals surface area (Å²) in [5.41, 5.74) is 0.660. The standard InChI is InChI=1S/C11H14INO2/c1-8(14)5-6-13-11(15)9-3-2-4-10(12)7-9/h2-4,7-8,14H,5-6H2,1H3,(H,13,15). The zero-order valence-electron chi connectivity index (χ0n) is 8.53. The Morgan fingerprint density at radius 2 is 2.33 bits per heavy atom. The van der Waals surface area contributed by atoms with Crippen molar-refractivity contribution in [2.75, 3.05) is 6.54 Å². The van der Waals surface area contributed by atoms with Crippen LogP contribution in [0, 0.1) is 3.57 Å². The molecule has 3 nitrogen and oxygen atoms in total. The number of nitrogens with one attached hydrogen (secondary N) is 1. The van der Waals surface area contributed by atoms with Gasteiger partial charge in [-0.05, 0) is 54.1 Å². The molecule has 0 radical (unpaired) electrons. The number of hydrogen-bond acceptors (Lipinski definition) is 2. The van der Waals surface area contributed by atoms with Crippen LogP contribution in [-0.2, 0) is 0 Å². The van der Waals surface area contributed by atoms with Crippen LogP contribution in [0.2, 0.25) is 0 Å². The molecule has 1 unspecified atom stereocenters. The van der Waals surface area contributed by atoms with Gasteiger partial charge in [0.25, 0.3) is 5.91 Å². The number of carbonyl (C=O) groups is 1. The highest BCUT2D eigenvalue weighted by Gasteiger charge is 2.05. The molecule has 0 heterocycles. The molecule has 1 rings (SSSR count). The minimum atomic E-state index is -0.374. The Morgan fingerprint density at radius 3 is 2.93 bits per heavy atom. The van der Waals surface area contributed by atoms with Crippen molar-refractivity contribution in [2.24, 2.45) is 0 Å². The molecular formula is C11H14INO2. The molecule has 0 aliphatic carbocycles. The van der Waals surface area contributed by atoms with Crippen molar-refractivity contribution < 1.29 is 9.90 Å². The smallest absolute Gasteiger partial charge is 0.251 e. The van der Waals surface area contributed by atoms with Gasteiger partial charge in [-0.3, -0.25) is 4.79 Å². The molecule has 1 aromatic rings. The van der Waals surface area contributed by atoms with Crippen LogP contribution in [0.1, 0.15) is 23.7 Å². The summed E-state index contributed by atoms with van der Waals surface area (Å²) in [6.45, 7) is 2.21. The molecule has 0 spiro atoms. The van der Waals surface area contributed by atoms with Gasteiger partial charge in [-0.25, -0.2) is 0 Å². The monoisotopic (exact) mass is 319 g/mol. The van der Waals surface area contributed by atoms with Crippen LogP contribution < -0.4 is 5.32 Å². The van der Waals surface area contributed by atoms with Crippen LogP contribution in [0.25, 0.3) is 0 Å². The fraction of sp³-hybridized carbons (Fsp3) is 0.364. The summed E-state index contributed by atoms with van der Waals surface area (Å²) in [6.07, 6.45) is 0.205. The van der Waals surface area contributed by atoms with Crippen LogP contribution >= 0.6 is 22.6 Å². The molecule has 15 heavy (non-hydrogen) atoms. The third-order valence-corrected chi connectivity index (χ3v) is 2.61. The average molecular weight is 319 g/mol. The number of aliphatic hydroxyl groups excluding tert-OH is 1. The van der Waals surface area contributed by atoms with Crippen LogP contribution in [0.15, 0.2) is 24.3 Å². The predicted octanol–water partition coefficient (Wildman–Crippen LogP) is 1.79. The third kappa shape index (κ3) is 4.61. The summed E-state index contributed by atoms with van der Waals surface area (Å²) >= 11 is 2.17. The maximum absolute atomic E-state index is 11.6. The highest BCUT2D eigenvalue weighted by atomic mass is 127. The highest BCUT2D eigenvalue weighted by Crippen LogP contribution is 2.07. The molecule has 1 aromatic carbocycles. The minimum absolute atomic E-state index is 0.0887. The van der Waals surface area contributed by atoms with E-state index in [1.165, 1.54) is 0 Å². The number of halogens is 1. The second kappa shape index (κ2) is 6.07.